The van der Waals surface area contributed by atoms with Gasteiger partial charge in [0.2, 0.25) is 0 Å². The maximum absolute atomic E-state index is 12.6. The molecule has 0 radical (unpaired) electrons. The molecular formula is C21H23N3OS. The van der Waals surface area contributed by atoms with Crippen LogP contribution in [0.25, 0.3) is 10.9 Å². The third-order valence-corrected chi connectivity index (χ3v) is 5.17. The van der Waals surface area contributed by atoms with Gasteiger partial charge in [-0.25, -0.2) is 0 Å². The number of nitrogens with one attached hydrogen (secondary N) is 2. The van der Waals surface area contributed by atoms with Gasteiger partial charge in [-0.15, -0.1) is 0 Å². The number of aryl methyl sites for hydroxylation is 2. The molecule has 0 bridgehead atoms. The summed E-state index contributed by atoms with van der Waals surface area (Å²) in [4.78, 5) is 17.7. The van der Waals surface area contributed by atoms with Gasteiger partial charge in [-0.1, -0.05) is 42.5 Å². The van der Waals surface area contributed by atoms with Crippen LogP contribution in [0.4, 0.5) is 0 Å². The Balaban J connectivity index is 1.96. The monoisotopic (exact) mass is 365 g/mol. The number of hydrogen-bond acceptors (Lipinski definition) is 2. The maximum atomic E-state index is 12.6. The van der Waals surface area contributed by atoms with E-state index >= 15 is 0 Å². The van der Waals surface area contributed by atoms with Crippen molar-refractivity contribution < 1.29 is 0 Å². The van der Waals surface area contributed by atoms with E-state index in [0.29, 0.717) is 23.8 Å². The van der Waals surface area contributed by atoms with Gasteiger partial charge in [0.15, 0.2) is 5.11 Å². The summed E-state index contributed by atoms with van der Waals surface area (Å²) in [6, 6.07) is 16.2. The molecule has 0 fully saturated rings. The van der Waals surface area contributed by atoms with Crippen LogP contribution in [0.15, 0.2) is 53.3 Å². The van der Waals surface area contributed by atoms with Crippen molar-refractivity contribution in [1.29, 1.82) is 0 Å². The first-order valence-corrected chi connectivity index (χ1v) is 9.03. The third kappa shape index (κ3) is 3.78. The minimum atomic E-state index is -0.0665. The lowest BCUT2D eigenvalue weighted by Crippen LogP contribution is -2.38. The van der Waals surface area contributed by atoms with E-state index < -0.39 is 0 Å². The molecule has 0 saturated heterocycles. The fourth-order valence-electron chi connectivity index (χ4n) is 3.05. The smallest absolute Gasteiger partial charge is 0.253 e. The summed E-state index contributed by atoms with van der Waals surface area (Å²) in [6.07, 6.45) is 0. The predicted octanol–water partition coefficient (Wildman–Crippen LogP) is 3.65. The summed E-state index contributed by atoms with van der Waals surface area (Å²) in [5.41, 5.74) is 4.97. The van der Waals surface area contributed by atoms with E-state index in [9.17, 15) is 4.79 Å². The highest BCUT2D eigenvalue weighted by atomic mass is 32.1. The molecule has 0 aliphatic heterocycles. The molecule has 0 aliphatic rings. The van der Waals surface area contributed by atoms with Crippen molar-refractivity contribution >= 4 is 28.2 Å². The molecule has 0 amide bonds. The molecule has 4 nitrogen and oxygen atoms in total. The molecule has 26 heavy (non-hydrogen) atoms. The van der Waals surface area contributed by atoms with Crippen molar-refractivity contribution in [1.82, 2.24) is 15.2 Å². The van der Waals surface area contributed by atoms with Crippen LogP contribution in [0.5, 0.6) is 0 Å². The average Bonchev–Trinajstić information content (AvgIpc) is 2.65. The fourth-order valence-corrected chi connectivity index (χ4v) is 3.18. The molecule has 2 aromatic carbocycles. The lowest BCUT2D eigenvalue weighted by atomic mass is 10.0. The second-order valence-electron chi connectivity index (χ2n) is 6.49. The van der Waals surface area contributed by atoms with Crippen LogP contribution in [-0.2, 0) is 13.1 Å². The highest BCUT2D eigenvalue weighted by Gasteiger charge is 2.13. The minimum absolute atomic E-state index is 0.0665. The SMILES string of the molecule is CNC(=S)N(Cc1ccccc1)Cc1cc2ccc(C)c(C)c2[nH]c1=O. The second kappa shape index (κ2) is 7.70. The molecule has 5 heteroatoms. The quantitative estimate of drug-likeness (QED) is 0.693. The standard InChI is InChI=1S/C21H23N3OS/c1-14-9-10-17-11-18(20(25)23-19(17)15(14)2)13-24(21(26)22-3)12-16-7-5-4-6-8-16/h4-11H,12-13H2,1-3H3,(H,22,26)(H,23,25). The number of aromatic nitrogens is 1. The van der Waals surface area contributed by atoms with Crippen LogP contribution < -0.4 is 10.9 Å². The maximum Gasteiger partial charge on any atom is 0.253 e. The zero-order valence-corrected chi connectivity index (χ0v) is 16.1. The Morgan fingerprint density at radius 1 is 1.12 bits per heavy atom. The van der Waals surface area contributed by atoms with Crippen LogP contribution in [0, 0.1) is 13.8 Å². The van der Waals surface area contributed by atoms with Crippen LogP contribution in [-0.4, -0.2) is 22.0 Å². The fraction of sp³-hybridized carbons (Fsp3) is 0.238. The minimum Gasteiger partial charge on any atom is -0.366 e. The predicted molar refractivity (Wildman–Crippen MR) is 111 cm³/mol. The largest absolute Gasteiger partial charge is 0.366 e. The average molecular weight is 366 g/mol. The molecule has 0 spiro atoms. The van der Waals surface area contributed by atoms with Gasteiger partial charge in [0, 0.05) is 19.2 Å². The molecule has 0 aliphatic carbocycles. The molecule has 0 atom stereocenters. The number of hydrogen-bond donors (Lipinski definition) is 2. The van der Waals surface area contributed by atoms with Crippen LogP contribution in [0.1, 0.15) is 22.3 Å². The van der Waals surface area contributed by atoms with Crippen molar-refractivity contribution in [2.24, 2.45) is 0 Å². The lowest BCUT2D eigenvalue weighted by molar-refractivity contribution is 0.401. The van der Waals surface area contributed by atoms with E-state index in [4.69, 9.17) is 12.2 Å². The molecule has 2 N–H and O–H groups in total. The van der Waals surface area contributed by atoms with Gasteiger partial charge in [-0.05, 0) is 54.2 Å². The van der Waals surface area contributed by atoms with E-state index in [1.165, 1.54) is 5.56 Å². The van der Waals surface area contributed by atoms with E-state index in [1.54, 1.807) is 7.05 Å². The Morgan fingerprint density at radius 3 is 2.54 bits per heavy atom. The van der Waals surface area contributed by atoms with Gasteiger partial charge < -0.3 is 15.2 Å². The number of fused-ring (bicyclic) bond motifs is 1. The number of aromatic amines is 1. The number of H-pyrrole nitrogens is 1. The zero-order valence-electron chi connectivity index (χ0n) is 15.3. The zero-order chi connectivity index (χ0) is 18.7. The van der Waals surface area contributed by atoms with Gasteiger partial charge in [-0.2, -0.15) is 0 Å². The molecule has 1 aromatic heterocycles. The molecule has 3 rings (SSSR count). The van der Waals surface area contributed by atoms with Crippen LogP contribution >= 0.6 is 12.2 Å². The third-order valence-electron chi connectivity index (χ3n) is 4.71. The van der Waals surface area contributed by atoms with Crippen molar-refractivity contribution in [2.45, 2.75) is 26.9 Å². The number of nitrogens with zero attached hydrogens (tertiary/aromatic N) is 1. The van der Waals surface area contributed by atoms with Gasteiger partial charge in [0.05, 0.1) is 12.1 Å². The van der Waals surface area contributed by atoms with Gasteiger partial charge in [0.25, 0.3) is 5.56 Å². The van der Waals surface area contributed by atoms with Crippen molar-refractivity contribution in [2.75, 3.05) is 7.05 Å². The second-order valence-corrected chi connectivity index (χ2v) is 6.88. The molecule has 1 heterocycles. The number of rotatable bonds is 4. The van der Waals surface area contributed by atoms with E-state index in [2.05, 4.69) is 34.6 Å². The molecule has 134 valence electrons. The Bertz CT molecular complexity index is 995. The van der Waals surface area contributed by atoms with Gasteiger partial charge >= 0.3 is 0 Å². The molecule has 0 unspecified atom stereocenters. The topological polar surface area (TPSA) is 48.1 Å². The molecule has 0 saturated carbocycles. The van der Waals surface area contributed by atoms with E-state index in [0.717, 1.165) is 22.0 Å². The summed E-state index contributed by atoms with van der Waals surface area (Å²) in [7, 11) is 1.80. The van der Waals surface area contributed by atoms with Crippen molar-refractivity contribution in [3.8, 4) is 0 Å². The number of pyridine rings is 1. The Labute approximate surface area is 158 Å². The summed E-state index contributed by atoms with van der Waals surface area (Å²) in [5.74, 6) is 0. The van der Waals surface area contributed by atoms with Crippen LogP contribution in [0.2, 0.25) is 0 Å². The normalized spacial score (nSPS) is 10.7. The Hall–Kier alpha value is -2.66. The summed E-state index contributed by atoms with van der Waals surface area (Å²) in [5, 5.41) is 4.68. The van der Waals surface area contributed by atoms with Crippen molar-refractivity contribution in [3.63, 3.8) is 0 Å². The van der Waals surface area contributed by atoms with Gasteiger partial charge in [-0.3, -0.25) is 4.79 Å². The first-order chi connectivity index (χ1) is 12.5. The highest BCUT2D eigenvalue weighted by Crippen LogP contribution is 2.19. The summed E-state index contributed by atoms with van der Waals surface area (Å²) < 4.78 is 0. The summed E-state index contributed by atoms with van der Waals surface area (Å²) >= 11 is 5.45. The Kier molecular flexibility index (Phi) is 5.38. The van der Waals surface area contributed by atoms with Crippen LogP contribution in [0.3, 0.4) is 0 Å². The number of benzene rings is 2. The summed E-state index contributed by atoms with van der Waals surface area (Å²) in [6.45, 7) is 5.18. The van der Waals surface area contributed by atoms with E-state index in [1.807, 2.05) is 43.0 Å². The Morgan fingerprint density at radius 2 is 1.85 bits per heavy atom. The highest BCUT2D eigenvalue weighted by molar-refractivity contribution is 7.80. The van der Waals surface area contributed by atoms with Gasteiger partial charge in [0.1, 0.15) is 0 Å². The molecular weight excluding hydrogens is 342 g/mol. The first kappa shape index (κ1) is 18.1. The number of thiocarbonyl (C=S) groups is 1. The van der Waals surface area contributed by atoms with E-state index in [-0.39, 0.29) is 5.56 Å². The first-order valence-electron chi connectivity index (χ1n) is 8.62. The lowest BCUT2D eigenvalue weighted by Gasteiger charge is -2.25. The van der Waals surface area contributed by atoms with Crippen molar-refractivity contribution in [3.05, 3.63) is 81.1 Å². The molecule has 3 aromatic rings.